The second-order valence-corrected chi connectivity index (χ2v) is 5.51. The third-order valence-electron chi connectivity index (χ3n) is 2.51. The Morgan fingerprint density at radius 2 is 2.20 bits per heavy atom. The van der Waals surface area contributed by atoms with Gasteiger partial charge in [-0.15, -0.1) is 11.3 Å². The van der Waals surface area contributed by atoms with Gasteiger partial charge >= 0.3 is 5.97 Å². The highest BCUT2D eigenvalue weighted by molar-refractivity contribution is 7.14. The molecule has 0 fully saturated rings. The van der Waals surface area contributed by atoms with Crippen molar-refractivity contribution in [3.8, 4) is 5.75 Å². The molecule has 0 saturated carbocycles. The summed E-state index contributed by atoms with van der Waals surface area (Å²) < 4.78 is 10.3. The smallest absolute Gasteiger partial charge is 0.349 e. The molecule has 0 bridgehead atoms. The summed E-state index contributed by atoms with van der Waals surface area (Å²) in [6.07, 6.45) is -0.0305. The van der Waals surface area contributed by atoms with Gasteiger partial charge in [0.1, 0.15) is 5.75 Å². The standard InChI is InChI=1S/C13H19NO5S/c1-8-7-10(11(20-8)13(16)17)19-9(2)12(15)14-5-4-6-18-3/h7,9H,4-6H2,1-3H3,(H,14,15)(H,16,17). The van der Waals surface area contributed by atoms with Gasteiger partial charge in [-0.1, -0.05) is 0 Å². The lowest BCUT2D eigenvalue weighted by atomic mass is 10.3. The zero-order valence-corrected chi connectivity index (χ0v) is 12.6. The maximum Gasteiger partial charge on any atom is 0.349 e. The first-order valence-corrected chi connectivity index (χ1v) is 7.04. The van der Waals surface area contributed by atoms with Crippen molar-refractivity contribution in [2.75, 3.05) is 20.3 Å². The van der Waals surface area contributed by atoms with Gasteiger partial charge in [-0.05, 0) is 26.3 Å². The van der Waals surface area contributed by atoms with E-state index in [0.29, 0.717) is 19.6 Å². The lowest BCUT2D eigenvalue weighted by Crippen LogP contribution is -2.37. The molecule has 1 aromatic heterocycles. The van der Waals surface area contributed by atoms with Crippen molar-refractivity contribution < 1.29 is 24.2 Å². The van der Waals surface area contributed by atoms with Crippen molar-refractivity contribution in [1.82, 2.24) is 5.32 Å². The molecule has 0 radical (unpaired) electrons. The van der Waals surface area contributed by atoms with Crippen LogP contribution in [0.5, 0.6) is 5.75 Å². The highest BCUT2D eigenvalue weighted by Crippen LogP contribution is 2.29. The molecular weight excluding hydrogens is 282 g/mol. The molecule has 2 N–H and O–H groups in total. The van der Waals surface area contributed by atoms with Crippen LogP contribution in [0.25, 0.3) is 0 Å². The van der Waals surface area contributed by atoms with E-state index < -0.39 is 12.1 Å². The highest BCUT2D eigenvalue weighted by Gasteiger charge is 2.20. The molecule has 112 valence electrons. The zero-order valence-electron chi connectivity index (χ0n) is 11.8. The Morgan fingerprint density at radius 1 is 1.50 bits per heavy atom. The molecule has 1 heterocycles. The lowest BCUT2D eigenvalue weighted by Gasteiger charge is -2.14. The molecule has 1 amide bonds. The summed E-state index contributed by atoms with van der Waals surface area (Å²) in [5.41, 5.74) is 0. The van der Waals surface area contributed by atoms with Gasteiger partial charge in [-0.3, -0.25) is 4.79 Å². The summed E-state index contributed by atoms with van der Waals surface area (Å²) in [6.45, 7) is 4.45. The largest absolute Gasteiger partial charge is 0.479 e. The molecule has 1 unspecified atom stereocenters. The van der Waals surface area contributed by atoms with Gasteiger partial charge in [-0.2, -0.15) is 0 Å². The SMILES string of the molecule is COCCCNC(=O)C(C)Oc1cc(C)sc1C(=O)O. The van der Waals surface area contributed by atoms with Crippen LogP contribution in [0, 0.1) is 6.92 Å². The lowest BCUT2D eigenvalue weighted by molar-refractivity contribution is -0.127. The van der Waals surface area contributed by atoms with E-state index in [-0.39, 0.29) is 16.5 Å². The van der Waals surface area contributed by atoms with Gasteiger partial charge in [0.05, 0.1) is 0 Å². The van der Waals surface area contributed by atoms with E-state index in [4.69, 9.17) is 14.6 Å². The number of amides is 1. The number of ether oxygens (including phenoxy) is 2. The monoisotopic (exact) mass is 301 g/mol. The van der Waals surface area contributed by atoms with E-state index in [1.165, 1.54) is 0 Å². The highest BCUT2D eigenvalue weighted by atomic mass is 32.1. The minimum atomic E-state index is -1.05. The average Bonchev–Trinajstić information content (AvgIpc) is 2.75. The van der Waals surface area contributed by atoms with Crippen LogP contribution in [-0.2, 0) is 9.53 Å². The number of thiophene rings is 1. The topological polar surface area (TPSA) is 84.9 Å². The van der Waals surface area contributed by atoms with Gasteiger partial charge in [0.2, 0.25) is 0 Å². The maximum atomic E-state index is 11.8. The summed E-state index contributed by atoms with van der Waals surface area (Å²) in [4.78, 5) is 23.8. The Balaban J connectivity index is 2.55. The Hall–Kier alpha value is -1.60. The number of carbonyl (C=O) groups excluding carboxylic acids is 1. The van der Waals surface area contributed by atoms with Gasteiger partial charge in [0.25, 0.3) is 5.91 Å². The molecular formula is C13H19NO5S. The minimum absolute atomic E-state index is 0.113. The molecule has 0 aromatic carbocycles. The van der Waals surface area contributed by atoms with Gasteiger partial charge in [0, 0.05) is 25.1 Å². The van der Waals surface area contributed by atoms with E-state index >= 15 is 0 Å². The predicted octanol–water partition coefficient (Wildman–Crippen LogP) is 1.67. The number of rotatable bonds is 8. The first-order valence-electron chi connectivity index (χ1n) is 6.22. The third-order valence-corrected chi connectivity index (χ3v) is 3.53. The number of hydrogen-bond donors (Lipinski definition) is 2. The van der Waals surface area contributed by atoms with Crippen molar-refractivity contribution >= 4 is 23.2 Å². The average molecular weight is 301 g/mol. The second kappa shape index (κ2) is 7.86. The number of carboxylic acid groups (broad SMARTS) is 1. The molecule has 0 aliphatic heterocycles. The molecule has 20 heavy (non-hydrogen) atoms. The van der Waals surface area contributed by atoms with Crippen LogP contribution in [0.3, 0.4) is 0 Å². The van der Waals surface area contributed by atoms with E-state index in [2.05, 4.69) is 5.32 Å². The summed E-state index contributed by atoms with van der Waals surface area (Å²) in [5.74, 6) is -1.09. The van der Waals surface area contributed by atoms with E-state index in [9.17, 15) is 9.59 Å². The van der Waals surface area contributed by atoms with Crippen molar-refractivity contribution in [3.63, 3.8) is 0 Å². The fourth-order valence-electron chi connectivity index (χ4n) is 1.54. The normalized spacial score (nSPS) is 11.9. The minimum Gasteiger partial charge on any atom is -0.479 e. The Morgan fingerprint density at radius 3 is 2.80 bits per heavy atom. The molecule has 0 saturated heterocycles. The van der Waals surface area contributed by atoms with Crippen LogP contribution < -0.4 is 10.1 Å². The molecule has 1 aromatic rings. The van der Waals surface area contributed by atoms with Crippen LogP contribution in [0.15, 0.2) is 6.07 Å². The Kier molecular flexibility index (Phi) is 6.47. The number of carbonyl (C=O) groups is 2. The fraction of sp³-hybridized carbons (Fsp3) is 0.538. The summed E-state index contributed by atoms with van der Waals surface area (Å²) in [5, 5.41) is 11.8. The first kappa shape index (κ1) is 16.5. The molecule has 0 aliphatic carbocycles. The second-order valence-electron chi connectivity index (χ2n) is 4.25. The van der Waals surface area contributed by atoms with Crippen LogP contribution in [0.2, 0.25) is 0 Å². The molecule has 6 nitrogen and oxygen atoms in total. The quantitative estimate of drug-likeness (QED) is 0.714. The first-order chi connectivity index (χ1) is 9.45. The van der Waals surface area contributed by atoms with Crippen LogP contribution in [0.4, 0.5) is 0 Å². The van der Waals surface area contributed by atoms with Gasteiger partial charge in [0.15, 0.2) is 11.0 Å². The van der Waals surface area contributed by atoms with Gasteiger partial charge < -0.3 is 19.9 Å². The third kappa shape index (κ3) is 4.82. The summed E-state index contributed by atoms with van der Waals surface area (Å²) >= 11 is 1.13. The summed E-state index contributed by atoms with van der Waals surface area (Å²) in [7, 11) is 1.60. The van der Waals surface area contributed by atoms with Crippen molar-refractivity contribution in [2.24, 2.45) is 0 Å². The Labute approximate surface area is 121 Å². The summed E-state index contributed by atoms with van der Waals surface area (Å²) in [6, 6.07) is 1.63. The Bertz CT molecular complexity index is 471. The predicted molar refractivity (Wildman–Crippen MR) is 75.6 cm³/mol. The molecule has 7 heteroatoms. The number of carboxylic acids is 1. The van der Waals surface area contributed by atoms with Crippen molar-refractivity contribution in [3.05, 3.63) is 15.8 Å². The van der Waals surface area contributed by atoms with E-state index in [1.54, 1.807) is 27.0 Å². The molecule has 0 aliphatic rings. The van der Waals surface area contributed by atoms with Crippen molar-refractivity contribution in [2.45, 2.75) is 26.4 Å². The molecule has 1 rings (SSSR count). The fourth-order valence-corrected chi connectivity index (χ4v) is 2.33. The van der Waals surface area contributed by atoms with E-state index in [0.717, 1.165) is 16.2 Å². The number of hydrogen-bond acceptors (Lipinski definition) is 5. The van der Waals surface area contributed by atoms with Crippen LogP contribution in [0.1, 0.15) is 27.9 Å². The number of nitrogens with one attached hydrogen (secondary N) is 1. The molecule has 0 spiro atoms. The van der Waals surface area contributed by atoms with Crippen LogP contribution >= 0.6 is 11.3 Å². The van der Waals surface area contributed by atoms with Crippen molar-refractivity contribution in [1.29, 1.82) is 0 Å². The molecule has 1 atom stereocenters. The maximum absolute atomic E-state index is 11.8. The van der Waals surface area contributed by atoms with E-state index in [1.807, 2.05) is 0 Å². The number of aryl methyl sites for hydroxylation is 1. The van der Waals surface area contributed by atoms with Crippen LogP contribution in [-0.4, -0.2) is 43.3 Å². The number of methoxy groups -OCH3 is 1. The van der Waals surface area contributed by atoms with Gasteiger partial charge in [-0.25, -0.2) is 4.79 Å². The zero-order chi connectivity index (χ0) is 15.1. The number of aromatic carboxylic acids is 1.